The Morgan fingerprint density at radius 3 is 2.85 bits per heavy atom. The summed E-state index contributed by atoms with van der Waals surface area (Å²) in [6.07, 6.45) is 4.11. The summed E-state index contributed by atoms with van der Waals surface area (Å²) >= 11 is 0. The molecular formula is C13H19N5O2. The monoisotopic (exact) mass is 277 g/mol. The molecule has 7 heteroatoms. The van der Waals surface area contributed by atoms with Gasteiger partial charge in [0.1, 0.15) is 11.9 Å². The Hall–Kier alpha value is -2.31. The van der Waals surface area contributed by atoms with Crippen molar-refractivity contribution in [3.05, 3.63) is 17.8 Å². The van der Waals surface area contributed by atoms with Crippen molar-refractivity contribution in [3.63, 3.8) is 0 Å². The summed E-state index contributed by atoms with van der Waals surface area (Å²) in [7, 11) is 1.60. The van der Waals surface area contributed by atoms with Crippen LogP contribution in [0.25, 0.3) is 0 Å². The fraction of sp³-hybridized carbons (Fsp3) is 0.462. The van der Waals surface area contributed by atoms with Crippen LogP contribution >= 0.6 is 0 Å². The van der Waals surface area contributed by atoms with Crippen LogP contribution in [-0.4, -0.2) is 36.4 Å². The first kappa shape index (κ1) is 14.1. The lowest BCUT2D eigenvalue weighted by atomic mass is 10.0. The Bertz CT molecular complexity index is 531. The van der Waals surface area contributed by atoms with Crippen LogP contribution in [0.1, 0.15) is 29.6 Å². The lowest BCUT2D eigenvalue weighted by Gasteiger charge is -2.36. The molecule has 1 aliphatic heterocycles. The molecule has 0 radical (unpaired) electrons. The summed E-state index contributed by atoms with van der Waals surface area (Å²) in [4.78, 5) is 29.6. The molecule has 5 N–H and O–H groups in total. The third kappa shape index (κ3) is 2.66. The Balaban J connectivity index is 2.42. The number of hydrogen-bond acceptors (Lipinski definition) is 5. The number of nitrogens with two attached hydrogens (primary N) is 2. The number of rotatable bonds is 3. The first-order valence-electron chi connectivity index (χ1n) is 6.58. The minimum atomic E-state index is -0.596. The van der Waals surface area contributed by atoms with Crippen molar-refractivity contribution >= 4 is 23.3 Å². The average molecular weight is 277 g/mol. The van der Waals surface area contributed by atoms with E-state index in [2.05, 4.69) is 10.3 Å². The molecule has 0 bridgehead atoms. The van der Waals surface area contributed by atoms with Crippen molar-refractivity contribution in [2.75, 3.05) is 24.2 Å². The predicted molar refractivity (Wildman–Crippen MR) is 76.2 cm³/mol. The second-order valence-electron chi connectivity index (χ2n) is 4.82. The number of carbonyl (C=O) groups excluding carboxylic acids is 2. The largest absolute Gasteiger partial charge is 0.397 e. The fourth-order valence-corrected chi connectivity index (χ4v) is 2.51. The van der Waals surface area contributed by atoms with Crippen molar-refractivity contribution in [2.24, 2.45) is 5.73 Å². The van der Waals surface area contributed by atoms with Gasteiger partial charge in [0.15, 0.2) is 0 Å². The molecule has 0 aromatic carbocycles. The fourth-order valence-electron chi connectivity index (χ4n) is 2.51. The molecular weight excluding hydrogens is 258 g/mol. The topological polar surface area (TPSA) is 114 Å². The highest BCUT2D eigenvalue weighted by Gasteiger charge is 2.31. The molecule has 108 valence electrons. The van der Waals surface area contributed by atoms with Gasteiger partial charge in [-0.15, -0.1) is 0 Å². The van der Waals surface area contributed by atoms with Crippen molar-refractivity contribution in [1.29, 1.82) is 0 Å². The molecule has 1 saturated heterocycles. The van der Waals surface area contributed by atoms with E-state index in [1.54, 1.807) is 7.05 Å². The first-order valence-corrected chi connectivity index (χ1v) is 6.58. The van der Waals surface area contributed by atoms with Gasteiger partial charge < -0.3 is 21.7 Å². The van der Waals surface area contributed by atoms with Crippen LogP contribution in [0, 0.1) is 0 Å². The number of nitrogens with one attached hydrogen (secondary N) is 1. The van der Waals surface area contributed by atoms with Gasteiger partial charge in [0.05, 0.1) is 17.4 Å². The van der Waals surface area contributed by atoms with Crippen molar-refractivity contribution in [2.45, 2.75) is 25.3 Å². The molecule has 1 aromatic rings. The summed E-state index contributed by atoms with van der Waals surface area (Å²) < 4.78 is 0. The minimum Gasteiger partial charge on any atom is -0.397 e. The van der Waals surface area contributed by atoms with Crippen LogP contribution in [0.15, 0.2) is 12.3 Å². The Morgan fingerprint density at radius 1 is 1.45 bits per heavy atom. The zero-order valence-electron chi connectivity index (χ0n) is 11.4. The van der Waals surface area contributed by atoms with Gasteiger partial charge in [0, 0.05) is 13.6 Å². The molecule has 1 aromatic heterocycles. The van der Waals surface area contributed by atoms with Gasteiger partial charge in [0.25, 0.3) is 5.91 Å². The molecule has 1 atom stereocenters. The van der Waals surface area contributed by atoms with Crippen LogP contribution in [0.2, 0.25) is 0 Å². The molecule has 0 spiro atoms. The van der Waals surface area contributed by atoms with Gasteiger partial charge in [-0.2, -0.15) is 0 Å². The molecule has 1 unspecified atom stereocenters. The van der Waals surface area contributed by atoms with Crippen molar-refractivity contribution in [1.82, 2.24) is 10.3 Å². The SMILES string of the molecule is CNC(=O)C1CCCCN1c1ncc(N)cc1C(N)=O. The Morgan fingerprint density at radius 2 is 2.20 bits per heavy atom. The van der Waals surface area contributed by atoms with Gasteiger partial charge in [-0.1, -0.05) is 0 Å². The number of primary amides is 1. The van der Waals surface area contributed by atoms with Gasteiger partial charge in [-0.25, -0.2) is 4.98 Å². The number of carbonyl (C=O) groups is 2. The summed E-state index contributed by atoms with van der Waals surface area (Å²) in [5, 5.41) is 2.65. The smallest absolute Gasteiger partial charge is 0.252 e. The van der Waals surface area contributed by atoms with Crippen molar-refractivity contribution in [3.8, 4) is 0 Å². The summed E-state index contributed by atoms with van der Waals surface area (Å²) in [6, 6.07) is 1.17. The number of pyridine rings is 1. The molecule has 1 aliphatic rings. The number of nitrogen functional groups attached to an aromatic ring is 1. The van der Waals surface area contributed by atoms with E-state index in [0.29, 0.717) is 18.1 Å². The number of anilines is 2. The number of amides is 2. The molecule has 1 fully saturated rings. The van der Waals surface area contributed by atoms with E-state index >= 15 is 0 Å². The molecule has 2 amide bonds. The van der Waals surface area contributed by atoms with Crippen LogP contribution < -0.4 is 21.7 Å². The Kier molecular flexibility index (Phi) is 4.07. The third-order valence-electron chi connectivity index (χ3n) is 3.48. The maximum Gasteiger partial charge on any atom is 0.252 e. The molecule has 0 aliphatic carbocycles. The number of piperidine rings is 1. The summed E-state index contributed by atoms with van der Waals surface area (Å²) in [5.74, 6) is -0.250. The highest BCUT2D eigenvalue weighted by Crippen LogP contribution is 2.27. The first-order chi connectivity index (χ1) is 9.54. The highest BCUT2D eigenvalue weighted by atomic mass is 16.2. The van der Waals surface area contributed by atoms with Crippen LogP contribution in [-0.2, 0) is 4.79 Å². The van der Waals surface area contributed by atoms with E-state index in [0.717, 1.165) is 19.3 Å². The van der Waals surface area contributed by atoms with Gasteiger partial charge in [-0.3, -0.25) is 9.59 Å². The number of hydrogen-bond donors (Lipinski definition) is 3. The lowest BCUT2D eigenvalue weighted by Crippen LogP contribution is -2.49. The van der Waals surface area contributed by atoms with E-state index in [1.165, 1.54) is 12.3 Å². The van der Waals surface area contributed by atoms with Crippen molar-refractivity contribution < 1.29 is 9.59 Å². The van der Waals surface area contributed by atoms with Gasteiger partial charge in [0.2, 0.25) is 5.91 Å². The van der Waals surface area contributed by atoms with Gasteiger partial charge in [-0.05, 0) is 25.3 Å². The maximum atomic E-state index is 12.0. The minimum absolute atomic E-state index is 0.0845. The van der Waals surface area contributed by atoms with E-state index < -0.39 is 5.91 Å². The van der Waals surface area contributed by atoms with E-state index in [-0.39, 0.29) is 17.5 Å². The van der Waals surface area contributed by atoms with E-state index in [4.69, 9.17) is 11.5 Å². The molecule has 0 saturated carbocycles. The summed E-state index contributed by atoms with van der Waals surface area (Å²) in [5.41, 5.74) is 11.7. The second-order valence-corrected chi connectivity index (χ2v) is 4.82. The second kappa shape index (κ2) is 5.77. The zero-order valence-corrected chi connectivity index (χ0v) is 11.4. The third-order valence-corrected chi connectivity index (χ3v) is 3.48. The normalized spacial score (nSPS) is 18.6. The predicted octanol–water partition coefficient (Wildman–Crippen LogP) is -0.132. The molecule has 2 rings (SSSR count). The van der Waals surface area contributed by atoms with E-state index in [9.17, 15) is 9.59 Å². The van der Waals surface area contributed by atoms with Crippen LogP contribution in [0.3, 0.4) is 0 Å². The molecule has 2 heterocycles. The zero-order chi connectivity index (χ0) is 14.7. The van der Waals surface area contributed by atoms with Crippen LogP contribution in [0.5, 0.6) is 0 Å². The number of likely N-dealkylation sites (N-methyl/N-ethyl adjacent to an activating group) is 1. The quantitative estimate of drug-likeness (QED) is 0.712. The van der Waals surface area contributed by atoms with Gasteiger partial charge >= 0.3 is 0 Å². The number of nitrogens with zero attached hydrogens (tertiary/aromatic N) is 2. The van der Waals surface area contributed by atoms with Crippen LogP contribution in [0.4, 0.5) is 11.5 Å². The lowest BCUT2D eigenvalue weighted by molar-refractivity contribution is -0.122. The maximum absolute atomic E-state index is 12.0. The molecule has 7 nitrogen and oxygen atoms in total. The Labute approximate surface area is 117 Å². The average Bonchev–Trinajstić information content (AvgIpc) is 2.46. The number of aromatic nitrogens is 1. The summed E-state index contributed by atoms with van der Waals surface area (Å²) in [6.45, 7) is 0.662. The van der Waals surface area contributed by atoms with E-state index in [1.807, 2.05) is 4.90 Å². The standard InChI is InChI=1S/C13H19N5O2/c1-16-13(20)10-4-2-3-5-18(10)12-9(11(15)19)6-8(14)7-17-12/h6-7,10H,2-5,14H2,1H3,(H2,15,19)(H,16,20). The molecule has 20 heavy (non-hydrogen) atoms. The highest BCUT2D eigenvalue weighted by molar-refractivity contribution is 5.99.